The lowest BCUT2D eigenvalue weighted by atomic mass is 10.2. The Morgan fingerprint density at radius 1 is 1.29 bits per heavy atom. The Balaban J connectivity index is 1.70. The number of nitrogens with one attached hydrogen (secondary N) is 1. The van der Waals surface area contributed by atoms with Crippen molar-refractivity contribution in [3.8, 4) is 11.5 Å². The maximum Gasteiger partial charge on any atom is 0.253 e. The fraction of sp³-hybridized carbons (Fsp3) is 0.375. The van der Waals surface area contributed by atoms with Gasteiger partial charge in [-0.2, -0.15) is 0 Å². The second-order valence-electron chi connectivity index (χ2n) is 5.23. The Morgan fingerprint density at radius 2 is 2.05 bits per heavy atom. The van der Waals surface area contributed by atoms with Crippen LogP contribution < -0.4 is 5.32 Å². The van der Waals surface area contributed by atoms with Gasteiger partial charge in [-0.1, -0.05) is 0 Å². The van der Waals surface area contributed by atoms with Crippen molar-refractivity contribution in [2.24, 2.45) is 0 Å². The molecule has 1 N–H and O–H groups in total. The van der Waals surface area contributed by atoms with Crippen LogP contribution in [0.5, 0.6) is 0 Å². The van der Waals surface area contributed by atoms with Crippen molar-refractivity contribution < 1.29 is 13.9 Å². The number of anilines is 1. The van der Waals surface area contributed by atoms with Crippen molar-refractivity contribution in [2.75, 3.05) is 11.9 Å². The van der Waals surface area contributed by atoms with Crippen LogP contribution in [0, 0.1) is 13.8 Å². The molecule has 21 heavy (non-hydrogen) atoms. The van der Waals surface area contributed by atoms with Crippen LogP contribution in [0.25, 0.3) is 11.5 Å². The van der Waals surface area contributed by atoms with Crippen molar-refractivity contribution in [3.63, 3.8) is 0 Å². The van der Waals surface area contributed by atoms with E-state index in [1.54, 1.807) is 0 Å². The summed E-state index contributed by atoms with van der Waals surface area (Å²) in [6.45, 7) is 4.47. The van der Waals surface area contributed by atoms with E-state index in [1.165, 1.54) is 0 Å². The molecule has 3 rings (SSSR count). The molecule has 2 aromatic rings. The summed E-state index contributed by atoms with van der Waals surface area (Å²) in [5.74, 6) is 1.34. The zero-order valence-electron chi connectivity index (χ0n) is 12.2. The van der Waals surface area contributed by atoms with E-state index in [0.717, 1.165) is 35.5 Å². The third kappa shape index (κ3) is 2.97. The van der Waals surface area contributed by atoms with Gasteiger partial charge in [-0.25, -0.2) is 4.98 Å². The molecule has 1 unspecified atom stereocenters. The van der Waals surface area contributed by atoms with E-state index in [2.05, 4.69) is 10.3 Å². The van der Waals surface area contributed by atoms with Gasteiger partial charge in [-0.05, 0) is 51.0 Å². The highest BCUT2D eigenvalue weighted by molar-refractivity contribution is 5.94. The lowest BCUT2D eigenvalue weighted by molar-refractivity contribution is -0.124. The molecule has 1 aromatic heterocycles. The van der Waals surface area contributed by atoms with E-state index in [1.807, 2.05) is 38.1 Å². The number of aromatic nitrogens is 1. The first-order chi connectivity index (χ1) is 10.1. The van der Waals surface area contributed by atoms with E-state index in [-0.39, 0.29) is 12.0 Å². The van der Waals surface area contributed by atoms with Gasteiger partial charge in [0.15, 0.2) is 0 Å². The Hall–Kier alpha value is -2.14. The van der Waals surface area contributed by atoms with E-state index >= 15 is 0 Å². The second-order valence-corrected chi connectivity index (χ2v) is 5.23. The minimum absolute atomic E-state index is 0.0805. The molecule has 2 heterocycles. The van der Waals surface area contributed by atoms with E-state index in [9.17, 15) is 4.79 Å². The summed E-state index contributed by atoms with van der Waals surface area (Å²) < 4.78 is 10.9. The van der Waals surface area contributed by atoms with Gasteiger partial charge in [-0.3, -0.25) is 4.79 Å². The number of carbonyl (C=O) groups is 1. The van der Waals surface area contributed by atoms with Crippen molar-refractivity contribution >= 4 is 11.6 Å². The van der Waals surface area contributed by atoms with Gasteiger partial charge < -0.3 is 14.5 Å². The molecule has 0 radical (unpaired) electrons. The molecule has 1 saturated heterocycles. The van der Waals surface area contributed by atoms with Gasteiger partial charge in [-0.15, -0.1) is 0 Å². The number of carbonyl (C=O) groups excluding carboxylic acids is 1. The summed E-state index contributed by atoms with van der Waals surface area (Å²) in [5.41, 5.74) is 2.53. The SMILES string of the molecule is Cc1nc(-c2ccc(NC(=O)C3CCCO3)cc2)oc1C. The van der Waals surface area contributed by atoms with Crippen LogP contribution in [-0.4, -0.2) is 23.6 Å². The molecule has 0 spiro atoms. The molecule has 0 saturated carbocycles. The molecule has 1 atom stereocenters. The molecular formula is C16H18N2O3. The highest BCUT2D eigenvalue weighted by atomic mass is 16.5. The van der Waals surface area contributed by atoms with Crippen LogP contribution >= 0.6 is 0 Å². The van der Waals surface area contributed by atoms with Gasteiger partial charge in [0.05, 0.1) is 5.69 Å². The molecule has 1 fully saturated rings. The Morgan fingerprint density at radius 3 is 2.62 bits per heavy atom. The first-order valence-corrected chi connectivity index (χ1v) is 7.10. The Kier molecular flexibility index (Phi) is 3.75. The van der Waals surface area contributed by atoms with Crippen LogP contribution in [0.15, 0.2) is 28.7 Å². The molecule has 1 aromatic carbocycles. The molecule has 1 amide bonds. The van der Waals surface area contributed by atoms with E-state index in [4.69, 9.17) is 9.15 Å². The number of ether oxygens (including phenoxy) is 1. The van der Waals surface area contributed by atoms with Crippen molar-refractivity contribution in [3.05, 3.63) is 35.7 Å². The summed E-state index contributed by atoms with van der Waals surface area (Å²) >= 11 is 0. The summed E-state index contributed by atoms with van der Waals surface area (Å²) in [4.78, 5) is 16.3. The van der Waals surface area contributed by atoms with E-state index < -0.39 is 0 Å². The molecular weight excluding hydrogens is 268 g/mol. The highest BCUT2D eigenvalue weighted by Crippen LogP contribution is 2.23. The van der Waals surface area contributed by atoms with Gasteiger partial charge in [0.1, 0.15) is 11.9 Å². The van der Waals surface area contributed by atoms with E-state index in [0.29, 0.717) is 12.5 Å². The minimum Gasteiger partial charge on any atom is -0.441 e. The Labute approximate surface area is 123 Å². The van der Waals surface area contributed by atoms with Gasteiger partial charge in [0.2, 0.25) is 5.89 Å². The average Bonchev–Trinajstić information content (AvgIpc) is 3.11. The lowest BCUT2D eigenvalue weighted by Crippen LogP contribution is -2.26. The predicted octanol–water partition coefficient (Wildman–Crippen LogP) is 3.08. The molecule has 0 aliphatic carbocycles. The number of aryl methyl sites for hydroxylation is 2. The standard InChI is InChI=1S/C16H18N2O3/c1-10-11(2)21-16(17-10)12-5-7-13(8-6-12)18-15(19)14-4-3-9-20-14/h5-8,14H,3-4,9H2,1-2H3,(H,18,19). The zero-order chi connectivity index (χ0) is 14.8. The number of hydrogen-bond donors (Lipinski definition) is 1. The zero-order valence-corrected chi connectivity index (χ0v) is 12.2. The quantitative estimate of drug-likeness (QED) is 0.941. The van der Waals surface area contributed by atoms with Gasteiger partial charge in [0.25, 0.3) is 5.91 Å². The third-order valence-electron chi connectivity index (χ3n) is 3.65. The largest absolute Gasteiger partial charge is 0.441 e. The van der Waals surface area contributed by atoms with Crippen LogP contribution in [0.2, 0.25) is 0 Å². The first-order valence-electron chi connectivity index (χ1n) is 7.10. The molecule has 1 aliphatic heterocycles. The normalized spacial score (nSPS) is 17.9. The Bertz CT molecular complexity index is 621. The van der Waals surface area contributed by atoms with Crippen LogP contribution in [0.3, 0.4) is 0 Å². The number of oxazole rings is 1. The van der Waals surface area contributed by atoms with Gasteiger partial charge in [0, 0.05) is 17.9 Å². The molecule has 5 heteroatoms. The maximum absolute atomic E-state index is 12.0. The second kappa shape index (κ2) is 5.69. The topological polar surface area (TPSA) is 64.4 Å². The van der Waals surface area contributed by atoms with Gasteiger partial charge >= 0.3 is 0 Å². The number of benzene rings is 1. The lowest BCUT2D eigenvalue weighted by Gasteiger charge is -2.10. The average molecular weight is 286 g/mol. The third-order valence-corrected chi connectivity index (χ3v) is 3.65. The summed E-state index contributed by atoms with van der Waals surface area (Å²) in [7, 11) is 0. The molecule has 1 aliphatic rings. The first kappa shape index (κ1) is 13.8. The van der Waals surface area contributed by atoms with Crippen LogP contribution in [0.4, 0.5) is 5.69 Å². The minimum atomic E-state index is -0.318. The summed E-state index contributed by atoms with van der Waals surface area (Å²) in [5, 5.41) is 2.86. The molecule has 110 valence electrons. The number of hydrogen-bond acceptors (Lipinski definition) is 4. The maximum atomic E-state index is 12.0. The fourth-order valence-electron chi connectivity index (χ4n) is 2.30. The number of rotatable bonds is 3. The monoisotopic (exact) mass is 286 g/mol. The van der Waals surface area contributed by atoms with Crippen LogP contribution in [0.1, 0.15) is 24.3 Å². The highest BCUT2D eigenvalue weighted by Gasteiger charge is 2.23. The van der Waals surface area contributed by atoms with Crippen molar-refractivity contribution in [1.29, 1.82) is 0 Å². The molecule has 5 nitrogen and oxygen atoms in total. The number of nitrogens with zero attached hydrogens (tertiary/aromatic N) is 1. The summed E-state index contributed by atoms with van der Waals surface area (Å²) in [6, 6.07) is 7.46. The van der Waals surface area contributed by atoms with Crippen molar-refractivity contribution in [2.45, 2.75) is 32.8 Å². The molecule has 0 bridgehead atoms. The fourth-order valence-corrected chi connectivity index (χ4v) is 2.30. The summed E-state index contributed by atoms with van der Waals surface area (Å²) in [6.07, 6.45) is 1.42. The smallest absolute Gasteiger partial charge is 0.253 e. The van der Waals surface area contributed by atoms with Crippen LogP contribution in [-0.2, 0) is 9.53 Å². The predicted molar refractivity (Wildman–Crippen MR) is 79.0 cm³/mol. The van der Waals surface area contributed by atoms with Crippen molar-refractivity contribution in [1.82, 2.24) is 4.98 Å². The number of amides is 1.